The fourth-order valence-corrected chi connectivity index (χ4v) is 3.43. The van der Waals surface area contributed by atoms with Gasteiger partial charge in [-0.15, -0.1) is 24.8 Å². The average molecular weight is 500 g/mol. The molecule has 0 amide bonds. The number of para-hydroxylation sites is 1. The molecule has 3 rings (SSSR count). The summed E-state index contributed by atoms with van der Waals surface area (Å²) in [5.41, 5.74) is 1.19. The van der Waals surface area contributed by atoms with Crippen molar-refractivity contribution in [2.24, 2.45) is 0 Å². The van der Waals surface area contributed by atoms with Crippen molar-refractivity contribution in [2.75, 3.05) is 44.2 Å². The Kier molecular flexibility index (Phi) is 10.5. The van der Waals surface area contributed by atoms with E-state index in [1.807, 2.05) is 18.2 Å². The van der Waals surface area contributed by atoms with Gasteiger partial charge in [0.1, 0.15) is 12.7 Å². The van der Waals surface area contributed by atoms with Gasteiger partial charge in [-0.25, -0.2) is 8.78 Å². The van der Waals surface area contributed by atoms with E-state index in [1.165, 1.54) is 5.69 Å². The van der Waals surface area contributed by atoms with Gasteiger partial charge in [-0.2, -0.15) is 0 Å². The van der Waals surface area contributed by atoms with Gasteiger partial charge in [0.25, 0.3) is 0 Å². The van der Waals surface area contributed by atoms with Gasteiger partial charge in [0, 0.05) is 42.9 Å². The molecule has 1 saturated heterocycles. The normalized spacial score (nSPS) is 15.4. The number of nitrogens with zero attached hydrogens (tertiary/aromatic N) is 2. The molecule has 2 aromatic carbocycles. The minimum atomic E-state index is -0.819. The average Bonchev–Trinajstić information content (AvgIpc) is 2.62. The first-order chi connectivity index (χ1) is 12.5. The second-order valence-electron chi connectivity index (χ2n) is 6.29. The molecular formula is C19H23BrCl2F2N2O2. The van der Waals surface area contributed by atoms with Crippen LogP contribution in [0.25, 0.3) is 0 Å². The lowest BCUT2D eigenvalue weighted by Gasteiger charge is -2.36. The van der Waals surface area contributed by atoms with Crippen LogP contribution in [0.4, 0.5) is 14.5 Å². The highest BCUT2D eigenvalue weighted by Gasteiger charge is 2.20. The van der Waals surface area contributed by atoms with Crippen molar-refractivity contribution in [1.82, 2.24) is 4.90 Å². The van der Waals surface area contributed by atoms with Gasteiger partial charge >= 0.3 is 0 Å². The summed E-state index contributed by atoms with van der Waals surface area (Å²) in [7, 11) is 0. The van der Waals surface area contributed by atoms with Crippen molar-refractivity contribution in [3.63, 3.8) is 0 Å². The Bertz CT molecular complexity index is 712. The number of hydrogen-bond donors (Lipinski definition) is 1. The molecule has 1 aliphatic rings. The van der Waals surface area contributed by atoms with Crippen LogP contribution in [-0.4, -0.2) is 55.4 Å². The van der Waals surface area contributed by atoms with Crippen molar-refractivity contribution in [3.05, 3.63) is 58.6 Å². The number of rotatable bonds is 6. The smallest absolute Gasteiger partial charge is 0.190 e. The zero-order valence-electron chi connectivity index (χ0n) is 15.1. The van der Waals surface area contributed by atoms with Crippen molar-refractivity contribution >= 4 is 46.4 Å². The Balaban J connectivity index is 0.00000196. The molecule has 0 radical (unpaired) electrons. The number of β-amino-alcohol motifs (C(OH)–C–C–N with tert-alkyl or cyclic N) is 1. The second-order valence-corrected chi connectivity index (χ2v) is 7.20. The monoisotopic (exact) mass is 498 g/mol. The molecular weight excluding hydrogens is 477 g/mol. The predicted molar refractivity (Wildman–Crippen MR) is 115 cm³/mol. The fraction of sp³-hybridized carbons (Fsp3) is 0.368. The molecule has 4 nitrogen and oxygen atoms in total. The molecule has 1 fully saturated rings. The molecule has 156 valence electrons. The van der Waals surface area contributed by atoms with Crippen LogP contribution in [0.2, 0.25) is 0 Å². The van der Waals surface area contributed by atoms with E-state index in [0.29, 0.717) is 11.0 Å². The lowest BCUT2D eigenvalue weighted by atomic mass is 10.2. The number of piperazine rings is 1. The third kappa shape index (κ3) is 6.74. The first-order valence-electron chi connectivity index (χ1n) is 8.50. The van der Waals surface area contributed by atoms with Gasteiger partial charge in [-0.05, 0) is 24.3 Å². The minimum absolute atomic E-state index is 0. The van der Waals surface area contributed by atoms with E-state index >= 15 is 0 Å². The molecule has 1 N–H and O–H groups in total. The number of anilines is 1. The summed E-state index contributed by atoms with van der Waals surface area (Å²) in [4.78, 5) is 4.42. The molecule has 2 aromatic rings. The summed E-state index contributed by atoms with van der Waals surface area (Å²) in [5.74, 6) is -2.04. The third-order valence-electron chi connectivity index (χ3n) is 4.35. The second kappa shape index (κ2) is 11.8. The van der Waals surface area contributed by atoms with Gasteiger partial charge in [0.2, 0.25) is 0 Å². The van der Waals surface area contributed by atoms with Gasteiger partial charge in [0.15, 0.2) is 17.4 Å². The number of benzene rings is 2. The maximum Gasteiger partial charge on any atom is 0.190 e. The van der Waals surface area contributed by atoms with Crippen LogP contribution in [0.3, 0.4) is 0 Å². The van der Waals surface area contributed by atoms with Crippen LogP contribution in [0.15, 0.2) is 46.9 Å². The van der Waals surface area contributed by atoms with E-state index in [0.717, 1.165) is 38.3 Å². The van der Waals surface area contributed by atoms with Crippen LogP contribution in [0.1, 0.15) is 0 Å². The molecule has 0 saturated carbocycles. The van der Waals surface area contributed by atoms with E-state index in [-0.39, 0.29) is 31.4 Å². The molecule has 1 atom stereocenters. The summed E-state index contributed by atoms with van der Waals surface area (Å²) in [5, 5.41) is 10.1. The molecule has 28 heavy (non-hydrogen) atoms. The Labute approximate surface area is 184 Å². The number of halogens is 5. The molecule has 9 heteroatoms. The Morgan fingerprint density at radius 1 is 1.00 bits per heavy atom. The third-order valence-corrected chi connectivity index (χ3v) is 4.80. The summed E-state index contributed by atoms with van der Waals surface area (Å²) in [6.07, 6.45) is -0.819. The van der Waals surface area contributed by atoms with E-state index < -0.39 is 23.5 Å². The summed E-state index contributed by atoms with van der Waals surface area (Å²) < 4.78 is 32.9. The molecule has 1 heterocycles. The van der Waals surface area contributed by atoms with E-state index in [9.17, 15) is 13.9 Å². The zero-order chi connectivity index (χ0) is 18.5. The van der Waals surface area contributed by atoms with Gasteiger partial charge in [-0.3, -0.25) is 4.90 Å². The summed E-state index contributed by atoms with van der Waals surface area (Å²) in [6.45, 7) is 3.61. The molecule has 1 unspecified atom stereocenters. The van der Waals surface area contributed by atoms with E-state index in [4.69, 9.17) is 4.74 Å². The van der Waals surface area contributed by atoms with Crippen LogP contribution >= 0.6 is 40.7 Å². The van der Waals surface area contributed by atoms with Crippen LogP contribution in [0.5, 0.6) is 5.75 Å². The van der Waals surface area contributed by atoms with Crippen LogP contribution in [0, 0.1) is 11.6 Å². The van der Waals surface area contributed by atoms with Crippen molar-refractivity contribution < 1.29 is 18.6 Å². The molecule has 0 aromatic heterocycles. The highest BCUT2D eigenvalue weighted by molar-refractivity contribution is 9.10. The predicted octanol–water partition coefficient (Wildman–Crippen LogP) is 4.13. The molecule has 0 aliphatic carbocycles. The largest absolute Gasteiger partial charge is 0.485 e. The number of ether oxygens (including phenoxy) is 1. The highest BCUT2D eigenvalue weighted by Crippen LogP contribution is 2.26. The first-order valence-corrected chi connectivity index (χ1v) is 9.30. The van der Waals surface area contributed by atoms with E-state index in [1.54, 1.807) is 0 Å². The molecule has 0 bridgehead atoms. The zero-order valence-corrected chi connectivity index (χ0v) is 18.3. The lowest BCUT2D eigenvalue weighted by Crippen LogP contribution is -2.49. The maximum absolute atomic E-state index is 13.7. The first kappa shape index (κ1) is 24.9. The van der Waals surface area contributed by atoms with Gasteiger partial charge < -0.3 is 14.7 Å². The fourth-order valence-electron chi connectivity index (χ4n) is 3.02. The van der Waals surface area contributed by atoms with Crippen molar-refractivity contribution in [2.45, 2.75) is 6.10 Å². The molecule has 0 spiro atoms. The van der Waals surface area contributed by atoms with E-state index in [2.05, 4.69) is 37.9 Å². The van der Waals surface area contributed by atoms with Gasteiger partial charge in [-0.1, -0.05) is 34.1 Å². The molecule has 1 aliphatic heterocycles. The summed E-state index contributed by atoms with van der Waals surface area (Å²) in [6, 6.07) is 12.5. The lowest BCUT2D eigenvalue weighted by molar-refractivity contribution is 0.0634. The Hall–Kier alpha value is -1.12. The number of aliphatic hydroxyl groups is 1. The minimum Gasteiger partial charge on any atom is -0.485 e. The highest BCUT2D eigenvalue weighted by atomic mass is 79.9. The maximum atomic E-state index is 13.7. The standard InChI is InChI=1S/C19H21BrF2N2O2.2ClH/c20-14-10-17(21)19(18(22)11-14)26-13-16(25)12-23-6-8-24(9-7-23)15-4-2-1-3-5-15;;/h1-5,10-11,16,25H,6-9,12-13H2;2*1H. The Morgan fingerprint density at radius 2 is 1.57 bits per heavy atom. The SMILES string of the molecule is Cl.Cl.OC(COc1c(F)cc(Br)cc1F)CN1CCN(c2ccccc2)CC1. The Morgan fingerprint density at radius 3 is 2.14 bits per heavy atom. The number of hydrogen-bond acceptors (Lipinski definition) is 4. The number of aliphatic hydroxyl groups excluding tert-OH is 1. The van der Waals surface area contributed by atoms with Crippen molar-refractivity contribution in [3.8, 4) is 5.75 Å². The topological polar surface area (TPSA) is 35.9 Å². The van der Waals surface area contributed by atoms with Gasteiger partial charge in [0.05, 0.1) is 0 Å². The quantitative estimate of drug-likeness (QED) is 0.648. The van der Waals surface area contributed by atoms with Crippen LogP contribution in [-0.2, 0) is 0 Å². The van der Waals surface area contributed by atoms with Crippen molar-refractivity contribution in [1.29, 1.82) is 0 Å². The summed E-state index contributed by atoms with van der Waals surface area (Å²) >= 11 is 3.02. The van der Waals surface area contributed by atoms with Crippen LogP contribution < -0.4 is 9.64 Å².